The predicted octanol–water partition coefficient (Wildman–Crippen LogP) is 5.40. The second-order valence-electron chi connectivity index (χ2n) is 8.63. The third kappa shape index (κ3) is 4.79. The van der Waals surface area contributed by atoms with Crippen molar-refractivity contribution in [2.24, 2.45) is 0 Å². The highest BCUT2D eigenvalue weighted by atomic mass is 16.5. The Balaban J connectivity index is 1.40. The van der Waals surface area contributed by atoms with E-state index in [0.29, 0.717) is 29.4 Å². The molecule has 1 N–H and O–H groups in total. The molecule has 0 atom stereocenters. The predicted molar refractivity (Wildman–Crippen MR) is 141 cm³/mol. The zero-order valence-corrected chi connectivity index (χ0v) is 20.4. The number of urea groups is 1. The van der Waals surface area contributed by atoms with Crippen LogP contribution in [0, 0.1) is 6.92 Å². The molecule has 7 heteroatoms. The highest BCUT2D eigenvalue weighted by Gasteiger charge is 2.36. The lowest BCUT2D eigenvalue weighted by Crippen LogP contribution is -2.54. The molecule has 0 radical (unpaired) electrons. The summed E-state index contributed by atoms with van der Waals surface area (Å²) in [7, 11) is 1.52. The van der Waals surface area contributed by atoms with Crippen molar-refractivity contribution >= 4 is 40.4 Å². The zero-order valence-electron chi connectivity index (χ0n) is 20.4. The van der Waals surface area contributed by atoms with Gasteiger partial charge in [-0.05, 0) is 59.2 Å². The number of imide groups is 2. The molecule has 1 fully saturated rings. The van der Waals surface area contributed by atoms with Crippen molar-refractivity contribution in [1.82, 2.24) is 5.32 Å². The number of anilines is 1. The quantitative estimate of drug-likeness (QED) is 0.288. The van der Waals surface area contributed by atoms with Gasteiger partial charge < -0.3 is 9.47 Å². The van der Waals surface area contributed by atoms with Crippen LogP contribution >= 0.6 is 0 Å². The lowest BCUT2D eigenvalue weighted by molar-refractivity contribution is -0.122. The number of hydrogen-bond acceptors (Lipinski definition) is 5. The maximum Gasteiger partial charge on any atom is 0.335 e. The molecular weight excluding hydrogens is 468 g/mol. The number of fused-ring (bicyclic) bond motifs is 1. The molecule has 4 aromatic carbocycles. The van der Waals surface area contributed by atoms with Crippen molar-refractivity contribution in [2.45, 2.75) is 13.5 Å². The van der Waals surface area contributed by atoms with Crippen molar-refractivity contribution in [3.8, 4) is 11.5 Å². The van der Waals surface area contributed by atoms with Crippen molar-refractivity contribution in [1.29, 1.82) is 0 Å². The highest BCUT2D eigenvalue weighted by molar-refractivity contribution is 6.39. The first-order chi connectivity index (χ1) is 17.9. The smallest absolute Gasteiger partial charge is 0.335 e. The van der Waals surface area contributed by atoms with Crippen LogP contribution in [-0.4, -0.2) is 25.0 Å². The van der Waals surface area contributed by atoms with Gasteiger partial charge in [-0.1, -0.05) is 66.2 Å². The van der Waals surface area contributed by atoms with Crippen LogP contribution in [0.1, 0.15) is 16.7 Å². The Bertz CT molecular complexity index is 1550. The van der Waals surface area contributed by atoms with E-state index in [1.54, 1.807) is 42.5 Å². The van der Waals surface area contributed by atoms with E-state index >= 15 is 0 Å². The standard InChI is InChI=1S/C30H24N2O5/c1-19-10-13-23(14-11-19)32-29(34)25(28(33)31-30(32)35)16-20-12-15-26(27(17-20)36-2)37-18-22-8-5-7-21-6-3-4-9-24(21)22/h3-17H,18H2,1-2H3,(H,31,33,35). The fourth-order valence-corrected chi connectivity index (χ4v) is 4.22. The Morgan fingerprint density at radius 1 is 0.865 bits per heavy atom. The number of aryl methyl sites for hydroxylation is 1. The van der Waals surface area contributed by atoms with E-state index < -0.39 is 17.8 Å². The van der Waals surface area contributed by atoms with E-state index in [0.717, 1.165) is 26.8 Å². The summed E-state index contributed by atoms with van der Waals surface area (Å²) < 4.78 is 11.6. The van der Waals surface area contributed by atoms with Gasteiger partial charge >= 0.3 is 6.03 Å². The SMILES string of the molecule is COc1cc(C=C2C(=O)NC(=O)N(c3ccc(C)cc3)C2=O)ccc1OCc1cccc2ccccc12. The van der Waals surface area contributed by atoms with Gasteiger partial charge in [0.2, 0.25) is 0 Å². The summed E-state index contributed by atoms with van der Waals surface area (Å²) in [6, 6.07) is 25.4. The van der Waals surface area contributed by atoms with E-state index in [-0.39, 0.29) is 5.57 Å². The van der Waals surface area contributed by atoms with Crippen molar-refractivity contribution in [3.63, 3.8) is 0 Å². The Labute approximate surface area is 213 Å². The van der Waals surface area contributed by atoms with E-state index in [1.165, 1.54) is 13.2 Å². The summed E-state index contributed by atoms with van der Waals surface area (Å²) in [5.41, 5.74) is 2.78. The first kappa shape index (κ1) is 23.8. The number of carbonyl (C=O) groups is 3. The monoisotopic (exact) mass is 492 g/mol. The number of nitrogens with zero attached hydrogens (tertiary/aromatic N) is 1. The maximum atomic E-state index is 13.1. The number of ether oxygens (including phenoxy) is 2. The minimum absolute atomic E-state index is 0.161. The van der Waals surface area contributed by atoms with Crippen LogP contribution in [0.2, 0.25) is 0 Å². The van der Waals surface area contributed by atoms with E-state index in [1.807, 2.05) is 31.2 Å². The number of benzene rings is 4. The molecule has 7 nitrogen and oxygen atoms in total. The topological polar surface area (TPSA) is 84.9 Å². The van der Waals surface area contributed by atoms with Crippen LogP contribution < -0.4 is 19.7 Å². The van der Waals surface area contributed by atoms with Gasteiger partial charge in [0.05, 0.1) is 12.8 Å². The van der Waals surface area contributed by atoms with Crippen molar-refractivity contribution in [2.75, 3.05) is 12.0 Å². The van der Waals surface area contributed by atoms with Crippen LogP contribution in [0.5, 0.6) is 11.5 Å². The van der Waals surface area contributed by atoms with E-state index in [2.05, 4.69) is 23.5 Å². The number of rotatable bonds is 6. The number of methoxy groups -OCH3 is 1. The average molecular weight is 493 g/mol. The number of hydrogen-bond donors (Lipinski definition) is 1. The molecule has 0 saturated carbocycles. The van der Waals surface area contributed by atoms with Gasteiger partial charge in [-0.3, -0.25) is 14.9 Å². The number of amides is 4. The summed E-state index contributed by atoms with van der Waals surface area (Å²) in [6.07, 6.45) is 1.43. The summed E-state index contributed by atoms with van der Waals surface area (Å²) in [5.74, 6) is -0.486. The maximum absolute atomic E-state index is 13.1. The van der Waals surface area contributed by atoms with Gasteiger partial charge in [0.1, 0.15) is 12.2 Å². The van der Waals surface area contributed by atoms with Gasteiger partial charge in [-0.2, -0.15) is 0 Å². The Morgan fingerprint density at radius 2 is 1.62 bits per heavy atom. The average Bonchev–Trinajstić information content (AvgIpc) is 2.91. The first-order valence-electron chi connectivity index (χ1n) is 11.7. The summed E-state index contributed by atoms with van der Waals surface area (Å²) in [4.78, 5) is 39.1. The lowest BCUT2D eigenvalue weighted by atomic mass is 10.1. The van der Waals surface area contributed by atoms with Gasteiger partial charge in [0, 0.05) is 0 Å². The molecule has 184 valence electrons. The lowest BCUT2D eigenvalue weighted by Gasteiger charge is -2.26. The minimum Gasteiger partial charge on any atom is -0.493 e. The summed E-state index contributed by atoms with van der Waals surface area (Å²) in [6.45, 7) is 2.24. The highest BCUT2D eigenvalue weighted by Crippen LogP contribution is 2.31. The Hall–Kier alpha value is -4.91. The summed E-state index contributed by atoms with van der Waals surface area (Å²) >= 11 is 0. The Kier molecular flexibility index (Phi) is 6.43. The van der Waals surface area contributed by atoms with Gasteiger partial charge in [-0.25, -0.2) is 9.69 Å². The molecule has 1 saturated heterocycles. The Morgan fingerprint density at radius 3 is 2.41 bits per heavy atom. The van der Waals surface area contributed by atoms with E-state index in [4.69, 9.17) is 9.47 Å². The second kappa shape index (κ2) is 9.99. The largest absolute Gasteiger partial charge is 0.493 e. The van der Waals surface area contributed by atoms with Crippen LogP contribution in [0.15, 0.2) is 90.5 Å². The van der Waals surface area contributed by atoms with E-state index in [9.17, 15) is 14.4 Å². The van der Waals surface area contributed by atoms with Crippen LogP contribution in [0.25, 0.3) is 16.8 Å². The molecule has 0 aliphatic carbocycles. The fourth-order valence-electron chi connectivity index (χ4n) is 4.22. The van der Waals surface area contributed by atoms with Crippen LogP contribution in [0.4, 0.5) is 10.5 Å². The minimum atomic E-state index is -0.786. The van der Waals surface area contributed by atoms with Crippen molar-refractivity contribution in [3.05, 3.63) is 107 Å². The van der Waals surface area contributed by atoms with Gasteiger partial charge in [0.15, 0.2) is 11.5 Å². The summed E-state index contributed by atoms with van der Waals surface area (Å²) in [5, 5.41) is 4.48. The van der Waals surface area contributed by atoms with Gasteiger partial charge in [0.25, 0.3) is 11.8 Å². The molecule has 0 spiro atoms. The molecule has 4 aromatic rings. The number of barbiturate groups is 1. The third-order valence-corrected chi connectivity index (χ3v) is 6.16. The fraction of sp³-hybridized carbons (Fsp3) is 0.100. The molecule has 1 aliphatic heterocycles. The van der Waals surface area contributed by atoms with Crippen molar-refractivity contribution < 1.29 is 23.9 Å². The van der Waals surface area contributed by atoms with Crippen LogP contribution in [0.3, 0.4) is 0 Å². The molecule has 0 unspecified atom stereocenters. The molecule has 4 amide bonds. The normalized spacial score (nSPS) is 14.7. The van der Waals surface area contributed by atoms with Crippen LogP contribution in [-0.2, 0) is 16.2 Å². The van der Waals surface area contributed by atoms with Gasteiger partial charge in [-0.15, -0.1) is 0 Å². The molecular formula is C30H24N2O5. The molecule has 37 heavy (non-hydrogen) atoms. The molecule has 0 aromatic heterocycles. The zero-order chi connectivity index (χ0) is 25.9. The molecule has 1 heterocycles. The molecule has 1 aliphatic rings. The first-order valence-corrected chi connectivity index (χ1v) is 11.7. The number of carbonyl (C=O) groups excluding carboxylic acids is 3. The third-order valence-electron chi connectivity index (χ3n) is 6.16. The molecule has 5 rings (SSSR count). The second-order valence-corrected chi connectivity index (χ2v) is 8.63. The number of nitrogens with one attached hydrogen (secondary N) is 1. The molecule has 0 bridgehead atoms.